The van der Waals surface area contributed by atoms with Crippen LogP contribution in [-0.2, 0) is 0 Å². The molecule has 2 aromatic carbocycles. The monoisotopic (exact) mass is 376 g/mol. The number of anilines is 2. The van der Waals surface area contributed by atoms with Crippen LogP contribution in [0.3, 0.4) is 0 Å². The Balaban J connectivity index is 1.77. The number of halogens is 1. The standard InChI is InChI=1S/C22H21FN4O/c1-4-28-19-11-9-18(10-12-19)25-20-13-14(2)24-22-21(15(3)26-27(20)22)16-5-7-17(23)8-6-16/h5-13,25H,4H2,1-3H3. The minimum absolute atomic E-state index is 0.264. The second-order valence-corrected chi connectivity index (χ2v) is 6.57. The predicted octanol–water partition coefficient (Wildman–Crippen LogP) is 5.29. The fraction of sp³-hybridized carbons (Fsp3) is 0.182. The number of nitrogens with zero attached hydrogens (tertiary/aromatic N) is 3. The average molecular weight is 376 g/mol. The molecule has 0 aliphatic carbocycles. The second kappa shape index (κ2) is 7.31. The first kappa shape index (κ1) is 18.0. The molecule has 4 rings (SSSR count). The number of aromatic nitrogens is 3. The zero-order valence-electron chi connectivity index (χ0n) is 16.0. The van der Waals surface area contributed by atoms with Crippen molar-refractivity contribution in [3.05, 3.63) is 71.8 Å². The molecule has 0 unspecified atom stereocenters. The molecule has 0 spiro atoms. The van der Waals surface area contributed by atoms with Gasteiger partial charge >= 0.3 is 0 Å². The second-order valence-electron chi connectivity index (χ2n) is 6.57. The number of fused-ring (bicyclic) bond motifs is 1. The van der Waals surface area contributed by atoms with Gasteiger partial charge in [0.05, 0.1) is 12.3 Å². The van der Waals surface area contributed by atoms with Gasteiger partial charge in [-0.2, -0.15) is 9.61 Å². The van der Waals surface area contributed by atoms with Gasteiger partial charge in [0, 0.05) is 23.0 Å². The molecule has 142 valence electrons. The van der Waals surface area contributed by atoms with E-state index in [0.29, 0.717) is 6.61 Å². The topological polar surface area (TPSA) is 51.5 Å². The quantitative estimate of drug-likeness (QED) is 0.514. The van der Waals surface area contributed by atoms with Gasteiger partial charge in [-0.15, -0.1) is 0 Å². The fourth-order valence-corrected chi connectivity index (χ4v) is 3.24. The third-order valence-corrected chi connectivity index (χ3v) is 4.46. The van der Waals surface area contributed by atoms with Crippen molar-refractivity contribution in [3.8, 4) is 16.9 Å². The Morgan fingerprint density at radius 2 is 1.75 bits per heavy atom. The summed E-state index contributed by atoms with van der Waals surface area (Å²) in [6.45, 7) is 6.47. The molecule has 0 bridgehead atoms. The van der Waals surface area contributed by atoms with Crippen LogP contribution < -0.4 is 10.1 Å². The summed E-state index contributed by atoms with van der Waals surface area (Å²) in [7, 11) is 0. The van der Waals surface area contributed by atoms with Gasteiger partial charge in [0.2, 0.25) is 0 Å². The molecule has 0 amide bonds. The summed E-state index contributed by atoms with van der Waals surface area (Å²) in [5.41, 5.74) is 5.14. The minimum Gasteiger partial charge on any atom is -0.494 e. The van der Waals surface area contributed by atoms with E-state index in [2.05, 4.69) is 15.4 Å². The summed E-state index contributed by atoms with van der Waals surface area (Å²) < 4.78 is 20.6. The first-order valence-electron chi connectivity index (χ1n) is 9.18. The summed E-state index contributed by atoms with van der Waals surface area (Å²) in [6.07, 6.45) is 0. The predicted molar refractivity (Wildman–Crippen MR) is 109 cm³/mol. The SMILES string of the molecule is CCOc1ccc(Nc2cc(C)nc3c(-c4ccc(F)cc4)c(C)nn23)cc1. The maximum Gasteiger partial charge on any atom is 0.165 e. The van der Waals surface area contributed by atoms with E-state index >= 15 is 0 Å². The highest BCUT2D eigenvalue weighted by atomic mass is 19.1. The molecular formula is C22H21FN4O. The summed E-state index contributed by atoms with van der Waals surface area (Å²) in [4.78, 5) is 4.68. The van der Waals surface area contributed by atoms with E-state index in [1.165, 1.54) is 12.1 Å². The van der Waals surface area contributed by atoms with Crippen LogP contribution in [-0.4, -0.2) is 21.2 Å². The van der Waals surface area contributed by atoms with Crippen LogP contribution in [0.2, 0.25) is 0 Å². The maximum absolute atomic E-state index is 13.3. The highest BCUT2D eigenvalue weighted by Crippen LogP contribution is 2.30. The number of rotatable bonds is 5. The molecule has 0 saturated carbocycles. The summed E-state index contributed by atoms with van der Waals surface area (Å²) in [5.74, 6) is 1.38. The largest absolute Gasteiger partial charge is 0.494 e. The number of aryl methyl sites for hydroxylation is 2. The van der Waals surface area contributed by atoms with Crippen molar-refractivity contribution in [1.29, 1.82) is 0 Å². The molecular weight excluding hydrogens is 355 g/mol. The number of hydrogen-bond acceptors (Lipinski definition) is 4. The van der Waals surface area contributed by atoms with Crippen LogP contribution in [0.5, 0.6) is 5.75 Å². The third-order valence-electron chi connectivity index (χ3n) is 4.46. The number of hydrogen-bond donors (Lipinski definition) is 1. The van der Waals surface area contributed by atoms with Crippen LogP contribution in [0, 0.1) is 19.7 Å². The number of ether oxygens (including phenoxy) is 1. The first-order valence-corrected chi connectivity index (χ1v) is 9.18. The molecule has 0 atom stereocenters. The van der Waals surface area contributed by atoms with Gasteiger partial charge in [-0.05, 0) is 62.7 Å². The Morgan fingerprint density at radius 1 is 1.04 bits per heavy atom. The first-order chi connectivity index (χ1) is 13.5. The Bertz CT molecular complexity index is 1120. The maximum atomic E-state index is 13.3. The van der Waals surface area contributed by atoms with E-state index < -0.39 is 0 Å². The van der Waals surface area contributed by atoms with Crippen LogP contribution in [0.1, 0.15) is 18.3 Å². The van der Waals surface area contributed by atoms with E-state index in [1.54, 1.807) is 16.6 Å². The molecule has 0 fully saturated rings. The molecule has 6 heteroatoms. The lowest BCUT2D eigenvalue weighted by Gasteiger charge is -2.11. The molecule has 2 aromatic heterocycles. The molecule has 0 radical (unpaired) electrons. The Hall–Kier alpha value is -3.41. The molecule has 0 aliphatic rings. The van der Waals surface area contributed by atoms with Gasteiger partial charge in [0.25, 0.3) is 0 Å². The molecule has 1 N–H and O–H groups in total. The van der Waals surface area contributed by atoms with Crippen LogP contribution in [0.4, 0.5) is 15.9 Å². The van der Waals surface area contributed by atoms with Crippen molar-refractivity contribution in [3.63, 3.8) is 0 Å². The van der Waals surface area contributed by atoms with Gasteiger partial charge < -0.3 is 10.1 Å². The third kappa shape index (κ3) is 3.41. The molecule has 0 aliphatic heterocycles. The van der Waals surface area contributed by atoms with Crippen molar-refractivity contribution >= 4 is 17.2 Å². The van der Waals surface area contributed by atoms with Crippen molar-refractivity contribution < 1.29 is 9.13 Å². The Morgan fingerprint density at radius 3 is 2.43 bits per heavy atom. The normalized spacial score (nSPS) is 11.0. The van der Waals surface area contributed by atoms with Gasteiger partial charge in [0.15, 0.2) is 5.65 Å². The van der Waals surface area contributed by atoms with Crippen molar-refractivity contribution in [1.82, 2.24) is 14.6 Å². The zero-order chi connectivity index (χ0) is 19.7. The highest BCUT2D eigenvalue weighted by Gasteiger charge is 2.16. The van der Waals surface area contributed by atoms with Gasteiger partial charge in [-0.1, -0.05) is 12.1 Å². The Labute approximate surface area is 162 Å². The van der Waals surface area contributed by atoms with E-state index in [4.69, 9.17) is 4.74 Å². The zero-order valence-corrected chi connectivity index (χ0v) is 16.0. The van der Waals surface area contributed by atoms with Crippen molar-refractivity contribution in [2.24, 2.45) is 0 Å². The Kier molecular flexibility index (Phi) is 4.69. The average Bonchev–Trinajstić information content (AvgIpc) is 3.00. The van der Waals surface area contributed by atoms with E-state index in [1.807, 2.05) is 51.1 Å². The molecule has 0 saturated heterocycles. The van der Waals surface area contributed by atoms with E-state index in [-0.39, 0.29) is 5.82 Å². The molecule has 2 heterocycles. The summed E-state index contributed by atoms with van der Waals surface area (Å²) >= 11 is 0. The molecule has 28 heavy (non-hydrogen) atoms. The molecule has 5 nitrogen and oxygen atoms in total. The fourth-order valence-electron chi connectivity index (χ4n) is 3.24. The van der Waals surface area contributed by atoms with Crippen molar-refractivity contribution in [2.45, 2.75) is 20.8 Å². The van der Waals surface area contributed by atoms with Gasteiger partial charge in [-0.3, -0.25) is 0 Å². The summed E-state index contributed by atoms with van der Waals surface area (Å²) in [5, 5.41) is 8.07. The van der Waals surface area contributed by atoms with Crippen LogP contribution in [0.15, 0.2) is 54.6 Å². The number of nitrogens with one attached hydrogen (secondary N) is 1. The van der Waals surface area contributed by atoms with E-state index in [9.17, 15) is 4.39 Å². The smallest absolute Gasteiger partial charge is 0.165 e. The highest BCUT2D eigenvalue weighted by molar-refractivity contribution is 5.81. The lowest BCUT2D eigenvalue weighted by molar-refractivity contribution is 0.340. The lowest BCUT2D eigenvalue weighted by atomic mass is 10.1. The van der Waals surface area contributed by atoms with Crippen LogP contribution >= 0.6 is 0 Å². The lowest BCUT2D eigenvalue weighted by Crippen LogP contribution is -2.02. The van der Waals surface area contributed by atoms with Crippen molar-refractivity contribution in [2.75, 3.05) is 11.9 Å². The van der Waals surface area contributed by atoms with Crippen LogP contribution in [0.25, 0.3) is 16.8 Å². The van der Waals surface area contributed by atoms with E-state index in [0.717, 1.165) is 45.4 Å². The minimum atomic E-state index is -0.264. The molecule has 4 aromatic rings. The van der Waals surface area contributed by atoms with Gasteiger partial charge in [-0.25, -0.2) is 9.37 Å². The number of benzene rings is 2. The summed E-state index contributed by atoms with van der Waals surface area (Å²) in [6, 6.07) is 16.1. The van der Waals surface area contributed by atoms with Gasteiger partial charge in [0.1, 0.15) is 17.4 Å².